The van der Waals surface area contributed by atoms with Crippen LogP contribution in [-0.2, 0) is 9.59 Å². The van der Waals surface area contributed by atoms with Gasteiger partial charge in [0.05, 0.1) is 0 Å². The average Bonchev–Trinajstić information content (AvgIpc) is 2.76. The van der Waals surface area contributed by atoms with Crippen molar-refractivity contribution in [3.05, 3.63) is 23.3 Å². The summed E-state index contributed by atoms with van der Waals surface area (Å²) in [6, 6.07) is 0. The molecule has 0 spiro atoms. The zero-order valence-corrected chi connectivity index (χ0v) is 22.9. The van der Waals surface area contributed by atoms with Crippen LogP contribution in [-0.4, -0.2) is 61.7 Å². The van der Waals surface area contributed by atoms with E-state index < -0.39 is 36.2 Å². The SMILES string of the molecule is CC(=O)[C@H](O)[C@@H](O)[C@@H](O)[C@H](O)C(=O)O.CC[C@@H](C)CCC=C(C)C.CC[C@@H](C)CCC=C(C)C. The van der Waals surface area contributed by atoms with Crippen molar-refractivity contribution in [1.82, 2.24) is 0 Å². The van der Waals surface area contributed by atoms with E-state index in [-0.39, 0.29) is 0 Å². The normalized spacial score (nSPS) is 15.6. The number of carboxylic acids is 1. The third-order valence-corrected chi connectivity index (χ3v) is 5.48. The summed E-state index contributed by atoms with van der Waals surface area (Å²) in [7, 11) is 0. The van der Waals surface area contributed by atoms with E-state index in [0.717, 1.165) is 18.8 Å². The second kappa shape index (κ2) is 22.0. The summed E-state index contributed by atoms with van der Waals surface area (Å²) in [5.74, 6) is -0.798. The lowest BCUT2D eigenvalue weighted by atomic mass is 10.0. The fraction of sp³-hybridized carbons (Fsp3) is 0.778. The van der Waals surface area contributed by atoms with Gasteiger partial charge in [-0.2, -0.15) is 0 Å². The molecule has 6 atom stereocenters. The Balaban J connectivity index is -0.000000434. The fourth-order valence-electron chi connectivity index (χ4n) is 2.48. The van der Waals surface area contributed by atoms with E-state index in [2.05, 4.69) is 67.5 Å². The van der Waals surface area contributed by atoms with E-state index in [1.165, 1.54) is 49.7 Å². The Morgan fingerprint density at radius 2 is 1.00 bits per heavy atom. The zero-order chi connectivity index (χ0) is 27.4. The summed E-state index contributed by atoms with van der Waals surface area (Å²) in [4.78, 5) is 20.7. The number of carbonyl (C=O) groups excluding carboxylic acids is 1. The number of aliphatic hydroxyl groups is 4. The molecule has 0 radical (unpaired) electrons. The number of aliphatic hydroxyl groups excluding tert-OH is 4. The van der Waals surface area contributed by atoms with Crippen molar-refractivity contribution in [2.45, 2.75) is 125 Å². The van der Waals surface area contributed by atoms with Gasteiger partial charge in [-0.25, -0.2) is 4.79 Å². The molecule has 0 rings (SSSR count). The van der Waals surface area contributed by atoms with Crippen molar-refractivity contribution in [3.8, 4) is 0 Å². The number of allylic oxidation sites excluding steroid dienone is 4. The molecule has 5 N–H and O–H groups in total. The zero-order valence-electron chi connectivity index (χ0n) is 22.9. The van der Waals surface area contributed by atoms with Crippen LogP contribution in [0.4, 0.5) is 0 Å². The summed E-state index contributed by atoms with van der Waals surface area (Å²) < 4.78 is 0. The van der Waals surface area contributed by atoms with E-state index in [1.54, 1.807) is 0 Å². The first-order valence-corrected chi connectivity index (χ1v) is 12.3. The fourth-order valence-corrected chi connectivity index (χ4v) is 2.48. The maximum Gasteiger partial charge on any atom is 0.335 e. The molecule has 0 aliphatic carbocycles. The van der Waals surface area contributed by atoms with Crippen molar-refractivity contribution in [1.29, 1.82) is 0 Å². The standard InChI is InChI=1S/2C10H20.C7H12O7/c2*1-5-10(4)8-6-7-9(2)3;1-2(8)3(9)4(10)5(11)6(12)7(13)14/h2*7,10H,5-6,8H2,1-4H3;3-6,9-12H,1H3,(H,13,14)/t2*10-;3-,4+,5+,6-/m110/s1. The van der Waals surface area contributed by atoms with Crippen molar-refractivity contribution < 1.29 is 35.1 Å². The van der Waals surface area contributed by atoms with Crippen LogP contribution in [0.1, 0.15) is 101 Å². The average molecular weight is 489 g/mol. The molecule has 0 fully saturated rings. The van der Waals surface area contributed by atoms with Gasteiger partial charge in [0.1, 0.15) is 18.3 Å². The molecule has 0 bridgehead atoms. The predicted molar refractivity (Wildman–Crippen MR) is 139 cm³/mol. The molecule has 7 nitrogen and oxygen atoms in total. The van der Waals surface area contributed by atoms with Crippen molar-refractivity contribution in [3.63, 3.8) is 0 Å². The summed E-state index contributed by atoms with van der Waals surface area (Å²) in [6.07, 6.45) is 4.19. The molecule has 0 aliphatic rings. The first-order valence-electron chi connectivity index (χ1n) is 12.3. The third kappa shape index (κ3) is 22.3. The number of aliphatic carboxylic acids is 1. The Morgan fingerprint density at radius 1 is 0.676 bits per heavy atom. The molecule has 0 heterocycles. The first-order chi connectivity index (χ1) is 15.6. The number of rotatable bonds is 13. The smallest absolute Gasteiger partial charge is 0.335 e. The molecule has 0 aromatic carbocycles. The number of Topliss-reactive ketones (excluding diaryl/α,β-unsaturated/α-hetero) is 1. The van der Waals surface area contributed by atoms with Gasteiger partial charge < -0.3 is 25.5 Å². The van der Waals surface area contributed by atoms with Crippen molar-refractivity contribution >= 4 is 11.8 Å². The highest BCUT2D eigenvalue weighted by Gasteiger charge is 2.35. The highest BCUT2D eigenvalue weighted by Crippen LogP contribution is 2.11. The van der Waals surface area contributed by atoms with Crippen LogP contribution in [0.5, 0.6) is 0 Å². The van der Waals surface area contributed by atoms with Gasteiger partial charge in [-0.1, -0.05) is 63.8 Å². The minimum atomic E-state index is -2.25. The molecule has 0 unspecified atom stereocenters. The lowest BCUT2D eigenvalue weighted by molar-refractivity contribution is -0.165. The lowest BCUT2D eigenvalue weighted by Crippen LogP contribution is -2.49. The highest BCUT2D eigenvalue weighted by atomic mass is 16.4. The van der Waals surface area contributed by atoms with Crippen LogP contribution < -0.4 is 0 Å². The maximum atomic E-state index is 10.5. The number of hydrogen-bond donors (Lipinski definition) is 5. The van der Waals surface area contributed by atoms with Crippen LogP contribution in [0.15, 0.2) is 23.3 Å². The Morgan fingerprint density at radius 3 is 1.24 bits per heavy atom. The van der Waals surface area contributed by atoms with Crippen LogP contribution in [0.3, 0.4) is 0 Å². The maximum absolute atomic E-state index is 10.5. The second-order valence-corrected chi connectivity index (χ2v) is 9.56. The number of carboxylic acid groups (broad SMARTS) is 1. The topological polar surface area (TPSA) is 135 Å². The number of carbonyl (C=O) groups is 2. The quantitative estimate of drug-likeness (QED) is 0.238. The first kappa shape index (κ1) is 37.0. The van der Waals surface area contributed by atoms with Gasteiger partial charge in [0.2, 0.25) is 0 Å². The predicted octanol–water partition coefficient (Wildman–Crippen LogP) is 4.66. The second-order valence-electron chi connectivity index (χ2n) is 9.56. The molecule has 7 heteroatoms. The molecule has 0 aromatic heterocycles. The molecule has 0 amide bonds. The Hall–Kier alpha value is -1.54. The van der Waals surface area contributed by atoms with E-state index in [4.69, 9.17) is 25.5 Å². The van der Waals surface area contributed by atoms with Gasteiger partial charge in [-0.05, 0) is 72.1 Å². The monoisotopic (exact) mass is 488 g/mol. The van der Waals surface area contributed by atoms with Gasteiger partial charge in [-0.3, -0.25) is 4.79 Å². The van der Waals surface area contributed by atoms with Gasteiger partial charge in [0.15, 0.2) is 11.9 Å². The Kier molecular flexibility index (Phi) is 23.9. The van der Waals surface area contributed by atoms with Crippen LogP contribution in [0.25, 0.3) is 0 Å². The molecular weight excluding hydrogens is 436 g/mol. The minimum absolute atomic E-state index is 0.839. The summed E-state index contributed by atoms with van der Waals surface area (Å²) in [6.45, 7) is 18.8. The van der Waals surface area contributed by atoms with Crippen molar-refractivity contribution in [2.75, 3.05) is 0 Å². The summed E-state index contributed by atoms with van der Waals surface area (Å²) >= 11 is 0. The largest absolute Gasteiger partial charge is 0.479 e. The van der Waals surface area contributed by atoms with Gasteiger partial charge in [-0.15, -0.1) is 0 Å². The number of hydrogen-bond acceptors (Lipinski definition) is 6. The van der Waals surface area contributed by atoms with E-state index in [1.807, 2.05) is 0 Å². The molecule has 0 aliphatic heterocycles. The van der Waals surface area contributed by atoms with Gasteiger partial charge in [0.25, 0.3) is 0 Å². The molecule has 0 saturated heterocycles. The summed E-state index contributed by atoms with van der Waals surface area (Å²) in [5, 5.41) is 43.9. The van der Waals surface area contributed by atoms with Crippen LogP contribution in [0, 0.1) is 11.8 Å². The summed E-state index contributed by atoms with van der Waals surface area (Å²) in [5.41, 5.74) is 2.90. The Bertz CT molecular complexity index is 538. The van der Waals surface area contributed by atoms with Crippen LogP contribution >= 0.6 is 0 Å². The van der Waals surface area contributed by atoms with Gasteiger partial charge in [0, 0.05) is 0 Å². The van der Waals surface area contributed by atoms with Crippen molar-refractivity contribution in [2.24, 2.45) is 11.8 Å². The minimum Gasteiger partial charge on any atom is -0.479 e. The van der Waals surface area contributed by atoms with Gasteiger partial charge >= 0.3 is 5.97 Å². The van der Waals surface area contributed by atoms with E-state index in [9.17, 15) is 9.59 Å². The lowest BCUT2D eigenvalue weighted by Gasteiger charge is -2.22. The van der Waals surface area contributed by atoms with E-state index in [0.29, 0.717) is 0 Å². The third-order valence-electron chi connectivity index (χ3n) is 5.48. The number of ketones is 1. The molecule has 34 heavy (non-hydrogen) atoms. The molecule has 202 valence electrons. The van der Waals surface area contributed by atoms with E-state index >= 15 is 0 Å². The molecule has 0 saturated carbocycles. The molecule has 0 aromatic rings. The highest BCUT2D eigenvalue weighted by molar-refractivity contribution is 5.81. The Labute approximate surface area is 207 Å². The molecular formula is C27H52O7. The van der Waals surface area contributed by atoms with Crippen LogP contribution in [0.2, 0.25) is 0 Å².